The summed E-state index contributed by atoms with van der Waals surface area (Å²) in [5, 5.41) is 0. The Morgan fingerprint density at radius 1 is 0.864 bits per heavy atom. The predicted molar refractivity (Wildman–Crippen MR) is 88.8 cm³/mol. The van der Waals surface area contributed by atoms with Crippen molar-refractivity contribution in [2.75, 3.05) is 0 Å². The molecule has 0 atom stereocenters. The van der Waals surface area contributed by atoms with E-state index in [9.17, 15) is 8.78 Å². The molecule has 0 radical (unpaired) electrons. The van der Waals surface area contributed by atoms with Crippen LogP contribution < -0.4 is 0 Å². The molecule has 1 aromatic carbocycles. The number of hydrogen-bond acceptors (Lipinski definition) is 0. The fourth-order valence-corrected chi connectivity index (χ4v) is 4.54. The molecule has 2 fully saturated rings. The van der Waals surface area contributed by atoms with Crippen molar-refractivity contribution >= 4 is 0 Å². The second-order valence-corrected chi connectivity index (χ2v) is 7.20. The molecule has 3 rings (SSSR count). The van der Waals surface area contributed by atoms with Crippen molar-refractivity contribution < 1.29 is 10.2 Å². The van der Waals surface area contributed by atoms with Gasteiger partial charge in [0.1, 0.15) is 0 Å². The van der Waals surface area contributed by atoms with Gasteiger partial charge < -0.3 is 0 Å². The third-order valence-electron chi connectivity index (χ3n) is 6.00. The summed E-state index contributed by atoms with van der Waals surface area (Å²) >= 11 is 0. The minimum absolute atomic E-state index is 0. The van der Waals surface area contributed by atoms with Gasteiger partial charge in [-0.3, -0.25) is 0 Å². The minimum Gasteiger partial charge on any atom is -0.204 e. The molecule has 0 unspecified atom stereocenters. The van der Waals surface area contributed by atoms with Crippen LogP contribution in [0, 0.1) is 29.4 Å². The highest BCUT2D eigenvalue weighted by molar-refractivity contribution is 5.22. The van der Waals surface area contributed by atoms with Crippen LogP contribution in [0.25, 0.3) is 0 Å². The first kappa shape index (κ1) is 15.7. The van der Waals surface area contributed by atoms with Gasteiger partial charge in [-0.05, 0) is 92.7 Å². The molecule has 2 aliphatic carbocycles. The van der Waals surface area contributed by atoms with Crippen LogP contribution in [-0.4, -0.2) is 0 Å². The Bertz CT molecular complexity index is 512. The van der Waals surface area contributed by atoms with E-state index in [1.54, 1.807) is 6.07 Å². The van der Waals surface area contributed by atoms with Crippen LogP contribution >= 0.6 is 0 Å². The van der Waals surface area contributed by atoms with E-state index in [0.717, 1.165) is 36.2 Å². The highest BCUT2D eigenvalue weighted by Gasteiger charge is 2.30. The van der Waals surface area contributed by atoms with Crippen LogP contribution in [0.1, 0.15) is 64.3 Å². The Hall–Kier alpha value is -1.18. The van der Waals surface area contributed by atoms with E-state index in [0.29, 0.717) is 5.92 Å². The maximum absolute atomic E-state index is 13.4. The highest BCUT2D eigenvalue weighted by atomic mass is 19.2. The first-order chi connectivity index (χ1) is 10.7. The normalized spacial score (nSPS) is 32.6. The summed E-state index contributed by atoms with van der Waals surface area (Å²) < 4.78 is 26.4. The summed E-state index contributed by atoms with van der Waals surface area (Å²) in [5.74, 6) is 1.42. The predicted octanol–water partition coefficient (Wildman–Crippen LogP) is 6.48. The smallest absolute Gasteiger partial charge is 0.159 e. The van der Waals surface area contributed by atoms with E-state index < -0.39 is 11.6 Å². The van der Waals surface area contributed by atoms with E-state index in [4.69, 9.17) is 0 Å². The zero-order valence-corrected chi connectivity index (χ0v) is 13.2. The second-order valence-electron chi connectivity index (χ2n) is 7.20. The fraction of sp³-hybridized carbons (Fsp3) is 0.600. The fourth-order valence-electron chi connectivity index (χ4n) is 4.54. The monoisotopic (exact) mass is 306 g/mol. The van der Waals surface area contributed by atoms with Gasteiger partial charge in [-0.2, -0.15) is 0 Å². The van der Waals surface area contributed by atoms with Crippen molar-refractivity contribution in [2.24, 2.45) is 17.8 Å². The van der Waals surface area contributed by atoms with Crippen LogP contribution in [0.5, 0.6) is 0 Å². The van der Waals surface area contributed by atoms with Crippen molar-refractivity contribution in [3.63, 3.8) is 0 Å². The third kappa shape index (κ3) is 3.42. The number of allylic oxidation sites excluding steroid dienone is 1. The van der Waals surface area contributed by atoms with Crippen LogP contribution in [0.4, 0.5) is 8.78 Å². The Kier molecular flexibility index (Phi) is 4.95. The molecular weight excluding hydrogens is 278 g/mol. The molecule has 0 aliphatic heterocycles. The molecule has 22 heavy (non-hydrogen) atoms. The average Bonchev–Trinajstić information content (AvgIpc) is 2.58. The van der Waals surface area contributed by atoms with Gasteiger partial charge in [0, 0.05) is 1.43 Å². The topological polar surface area (TPSA) is 0 Å². The molecule has 0 nitrogen and oxygen atoms in total. The van der Waals surface area contributed by atoms with Gasteiger partial charge in [0.15, 0.2) is 11.6 Å². The maximum atomic E-state index is 13.4. The summed E-state index contributed by atoms with van der Waals surface area (Å²) in [6.45, 7) is 3.92. The largest absolute Gasteiger partial charge is 0.204 e. The van der Waals surface area contributed by atoms with Gasteiger partial charge in [0.05, 0.1) is 0 Å². The number of rotatable bonds is 3. The van der Waals surface area contributed by atoms with Crippen molar-refractivity contribution in [3.05, 3.63) is 48.1 Å². The summed E-state index contributed by atoms with van der Waals surface area (Å²) in [4.78, 5) is 0. The van der Waals surface area contributed by atoms with Crippen molar-refractivity contribution in [1.82, 2.24) is 0 Å². The van der Waals surface area contributed by atoms with Crippen LogP contribution in [0.2, 0.25) is 0 Å². The van der Waals surface area contributed by atoms with Crippen molar-refractivity contribution in [2.45, 2.75) is 57.3 Å². The van der Waals surface area contributed by atoms with E-state index in [-0.39, 0.29) is 1.43 Å². The zero-order valence-electron chi connectivity index (χ0n) is 13.2. The molecule has 2 saturated carbocycles. The number of benzene rings is 1. The van der Waals surface area contributed by atoms with Gasteiger partial charge in [0.25, 0.3) is 0 Å². The first-order valence-corrected chi connectivity index (χ1v) is 8.75. The second kappa shape index (κ2) is 6.93. The van der Waals surface area contributed by atoms with Gasteiger partial charge >= 0.3 is 0 Å². The zero-order chi connectivity index (χ0) is 15.5. The molecule has 0 N–H and O–H groups in total. The molecule has 0 spiro atoms. The molecule has 0 bridgehead atoms. The lowest BCUT2D eigenvalue weighted by Crippen LogP contribution is -2.25. The molecule has 0 heterocycles. The maximum Gasteiger partial charge on any atom is 0.159 e. The van der Waals surface area contributed by atoms with E-state index >= 15 is 0 Å². The van der Waals surface area contributed by atoms with Crippen LogP contribution in [0.15, 0.2) is 30.9 Å². The summed E-state index contributed by atoms with van der Waals surface area (Å²) in [6.07, 6.45) is 12.1. The van der Waals surface area contributed by atoms with Crippen LogP contribution in [0.3, 0.4) is 0 Å². The first-order valence-electron chi connectivity index (χ1n) is 8.75. The van der Waals surface area contributed by atoms with E-state index in [1.807, 2.05) is 0 Å². The van der Waals surface area contributed by atoms with E-state index in [1.165, 1.54) is 50.7 Å². The molecule has 2 aliphatic rings. The quantitative estimate of drug-likeness (QED) is 0.561. The molecule has 2 heteroatoms. The van der Waals surface area contributed by atoms with Crippen molar-refractivity contribution in [1.29, 1.82) is 0 Å². The molecule has 122 valence electrons. The number of hydrogen-bond donors (Lipinski definition) is 0. The lowest BCUT2D eigenvalue weighted by atomic mass is 9.68. The molecule has 0 amide bonds. The lowest BCUT2D eigenvalue weighted by Gasteiger charge is -2.37. The lowest BCUT2D eigenvalue weighted by molar-refractivity contribution is 0.171. The standard InChI is InChI=1S/C20H26F2.H2/c1-2-14-3-5-15(6-4-14)16-7-9-17(10-8-16)18-11-12-19(21)20(22)13-18;/h2,11-17H,1,3-10H2;1H. The Labute approximate surface area is 134 Å². The Morgan fingerprint density at radius 2 is 1.45 bits per heavy atom. The molecule has 0 aromatic heterocycles. The summed E-state index contributed by atoms with van der Waals surface area (Å²) in [7, 11) is 0. The highest BCUT2D eigenvalue weighted by Crippen LogP contribution is 2.44. The summed E-state index contributed by atoms with van der Waals surface area (Å²) in [5.41, 5.74) is 0.979. The SMILES string of the molecule is C=CC1CCC(C2CCC(c3ccc(F)c(F)c3)CC2)CC1.[HH]. The van der Waals surface area contributed by atoms with Gasteiger partial charge in [-0.25, -0.2) is 8.78 Å². The Balaban J connectivity index is 0.00000192. The van der Waals surface area contributed by atoms with E-state index in [2.05, 4.69) is 12.7 Å². The van der Waals surface area contributed by atoms with Gasteiger partial charge in [-0.1, -0.05) is 12.1 Å². The van der Waals surface area contributed by atoms with Gasteiger partial charge in [0.2, 0.25) is 0 Å². The summed E-state index contributed by atoms with van der Waals surface area (Å²) in [6, 6.07) is 4.43. The van der Waals surface area contributed by atoms with Crippen molar-refractivity contribution in [3.8, 4) is 0 Å². The van der Waals surface area contributed by atoms with Gasteiger partial charge in [-0.15, -0.1) is 6.58 Å². The average molecular weight is 306 g/mol. The molecule has 1 aromatic rings. The van der Waals surface area contributed by atoms with Crippen LogP contribution in [-0.2, 0) is 0 Å². The molecular formula is C20H28F2. The Morgan fingerprint density at radius 3 is 2.00 bits per heavy atom. The molecule has 0 saturated heterocycles. The number of halogens is 2. The third-order valence-corrected chi connectivity index (χ3v) is 6.00. The minimum atomic E-state index is -0.739.